The van der Waals surface area contributed by atoms with Crippen molar-refractivity contribution in [1.29, 1.82) is 0 Å². The van der Waals surface area contributed by atoms with Crippen molar-refractivity contribution in [2.45, 2.75) is 142 Å². The summed E-state index contributed by atoms with van der Waals surface area (Å²) in [4.78, 5) is 23.8. The molecule has 0 aromatic heterocycles. The Labute approximate surface area is 198 Å². The van der Waals surface area contributed by atoms with E-state index in [0.717, 1.165) is 64.2 Å². The molecule has 0 amide bonds. The van der Waals surface area contributed by atoms with Crippen molar-refractivity contribution < 1.29 is 19.8 Å². The number of rotatable bonds is 25. The summed E-state index contributed by atoms with van der Waals surface area (Å²) in [6.45, 7) is 2.50. The number of Topliss-reactive ketones (excluding diaryl/α,β-unsaturated/α-hetero) is 1. The quantitative estimate of drug-likeness (QED) is 0.0835. The second-order valence-electron chi connectivity index (χ2n) is 9.33. The molecule has 0 bridgehead atoms. The molecule has 0 rings (SSSR count). The molecule has 2 N–H and O–H groups in total. The molecule has 188 valence electrons. The van der Waals surface area contributed by atoms with Crippen LogP contribution < -0.4 is 0 Å². The first-order valence-corrected chi connectivity index (χ1v) is 13.6. The zero-order valence-electron chi connectivity index (χ0n) is 21.0. The van der Waals surface area contributed by atoms with Crippen LogP contribution in [0, 0.1) is 5.92 Å². The average molecular weight is 453 g/mol. The summed E-state index contributed by atoms with van der Waals surface area (Å²) < 4.78 is 0. The van der Waals surface area contributed by atoms with E-state index in [1.54, 1.807) is 0 Å². The van der Waals surface area contributed by atoms with Crippen molar-refractivity contribution in [3.05, 3.63) is 12.2 Å². The van der Waals surface area contributed by atoms with Crippen LogP contribution in [0.2, 0.25) is 0 Å². The van der Waals surface area contributed by atoms with Gasteiger partial charge in [0.1, 0.15) is 11.7 Å². The van der Waals surface area contributed by atoms with Crippen molar-refractivity contribution in [2.75, 3.05) is 6.61 Å². The van der Waals surface area contributed by atoms with E-state index in [0.29, 0.717) is 12.8 Å². The molecule has 0 saturated heterocycles. The first kappa shape index (κ1) is 30.8. The van der Waals surface area contributed by atoms with Gasteiger partial charge >= 0.3 is 5.97 Å². The van der Waals surface area contributed by atoms with E-state index in [2.05, 4.69) is 19.1 Å². The molecule has 4 heteroatoms. The molecule has 1 atom stereocenters. The Morgan fingerprint density at radius 1 is 0.656 bits per heavy atom. The number of allylic oxidation sites excluding steroid dienone is 2. The normalized spacial score (nSPS) is 12.4. The van der Waals surface area contributed by atoms with Gasteiger partial charge in [-0.25, -0.2) is 0 Å². The fourth-order valence-corrected chi connectivity index (χ4v) is 4.13. The zero-order valence-corrected chi connectivity index (χ0v) is 21.0. The highest BCUT2D eigenvalue weighted by molar-refractivity contribution is 5.98. The number of aliphatic hydroxyl groups excluding tert-OH is 1. The van der Waals surface area contributed by atoms with Gasteiger partial charge in [-0.15, -0.1) is 0 Å². The number of aliphatic hydroxyl groups is 1. The Bertz CT molecular complexity index is 458. The number of carbonyl (C=O) groups is 2. The van der Waals surface area contributed by atoms with Gasteiger partial charge in [0.2, 0.25) is 0 Å². The van der Waals surface area contributed by atoms with Gasteiger partial charge in [0, 0.05) is 13.0 Å². The lowest BCUT2D eigenvalue weighted by atomic mass is 9.93. The van der Waals surface area contributed by atoms with E-state index in [1.165, 1.54) is 57.8 Å². The summed E-state index contributed by atoms with van der Waals surface area (Å²) in [5.41, 5.74) is 0. The Balaban J connectivity index is 3.61. The van der Waals surface area contributed by atoms with Gasteiger partial charge in [0.25, 0.3) is 0 Å². The second-order valence-corrected chi connectivity index (χ2v) is 9.33. The third-order valence-electron chi connectivity index (χ3n) is 6.27. The molecule has 4 nitrogen and oxygen atoms in total. The van der Waals surface area contributed by atoms with Crippen LogP contribution in [0.15, 0.2) is 12.2 Å². The molecule has 1 unspecified atom stereocenters. The smallest absolute Gasteiger partial charge is 0.314 e. The van der Waals surface area contributed by atoms with Gasteiger partial charge < -0.3 is 10.2 Å². The summed E-state index contributed by atoms with van der Waals surface area (Å²) in [6.07, 6.45) is 27.1. The molecule has 0 radical (unpaired) electrons. The molecule has 0 heterocycles. The third kappa shape index (κ3) is 20.7. The average Bonchev–Trinajstić information content (AvgIpc) is 2.77. The number of carbonyl (C=O) groups excluding carboxylic acids is 1. The van der Waals surface area contributed by atoms with Gasteiger partial charge in [-0.3, -0.25) is 9.59 Å². The number of hydrogen-bond acceptors (Lipinski definition) is 3. The molecule has 0 spiro atoms. The van der Waals surface area contributed by atoms with Crippen LogP contribution in [0.3, 0.4) is 0 Å². The van der Waals surface area contributed by atoms with Crippen molar-refractivity contribution in [3.8, 4) is 0 Å². The van der Waals surface area contributed by atoms with Gasteiger partial charge in [-0.2, -0.15) is 0 Å². The molecular formula is C28H52O4. The van der Waals surface area contributed by atoms with E-state index < -0.39 is 11.9 Å². The summed E-state index contributed by atoms with van der Waals surface area (Å²) in [5, 5.41) is 18.2. The summed E-state index contributed by atoms with van der Waals surface area (Å²) >= 11 is 0. The highest BCUT2D eigenvalue weighted by Gasteiger charge is 2.24. The maximum Gasteiger partial charge on any atom is 0.314 e. The Morgan fingerprint density at radius 2 is 1.12 bits per heavy atom. The predicted octanol–water partition coefficient (Wildman–Crippen LogP) is 8.02. The van der Waals surface area contributed by atoms with Crippen LogP contribution >= 0.6 is 0 Å². The van der Waals surface area contributed by atoms with Crippen LogP contribution in [0.1, 0.15) is 142 Å². The molecule has 32 heavy (non-hydrogen) atoms. The fraction of sp³-hybridized carbons (Fsp3) is 0.857. The number of carboxylic acid groups (broad SMARTS) is 1. The molecule has 0 aromatic carbocycles. The van der Waals surface area contributed by atoms with Crippen LogP contribution in [-0.2, 0) is 9.59 Å². The van der Waals surface area contributed by atoms with Crippen molar-refractivity contribution in [2.24, 2.45) is 5.92 Å². The van der Waals surface area contributed by atoms with E-state index in [9.17, 15) is 14.7 Å². The minimum absolute atomic E-state index is 0.0876. The number of aliphatic carboxylic acids is 1. The predicted molar refractivity (Wildman–Crippen MR) is 135 cm³/mol. The summed E-state index contributed by atoms with van der Waals surface area (Å²) in [6, 6.07) is 0. The lowest BCUT2D eigenvalue weighted by molar-refractivity contribution is -0.146. The molecule has 0 aliphatic carbocycles. The molecular weight excluding hydrogens is 400 g/mol. The van der Waals surface area contributed by atoms with Crippen molar-refractivity contribution in [3.63, 3.8) is 0 Å². The largest absolute Gasteiger partial charge is 0.481 e. The number of carboxylic acids is 1. The Kier molecular flexibility index (Phi) is 23.6. The molecule has 0 aliphatic rings. The van der Waals surface area contributed by atoms with Gasteiger partial charge in [0.05, 0.1) is 0 Å². The van der Waals surface area contributed by atoms with Crippen molar-refractivity contribution in [1.82, 2.24) is 0 Å². The van der Waals surface area contributed by atoms with E-state index in [1.807, 2.05) is 0 Å². The third-order valence-corrected chi connectivity index (χ3v) is 6.27. The lowest BCUT2D eigenvalue weighted by Gasteiger charge is -2.11. The van der Waals surface area contributed by atoms with E-state index in [4.69, 9.17) is 5.11 Å². The first-order chi connectivity index (χ1) is 15.6. The standard InChI is InChI=1S/C28H52O4/c1-2-3-4-5-6-7-8-9-10-11-12-13-14-18-21-24-27(30)26(28(31)32)23-20-17-15-16-19-22-25-29/h9-10,26,29H,2-8,11-25H2,1H3,(H,31,32)/b10-9-. The maximum atomic E-state index is 12.3. The number of ketones is 1. The summed E-state index contributed by atoms with van der Waals surface area (Å²) in [7, 11) is 0. The molecule has 0 fully saturated rings. The van der Waals surface area contributed by atoms with Gasteiger partial charge in [-0.05, 0) is 44.9 Å². The number of unbranched alkanes of at least 4 members (excludes halogenated alkanes) is 16. The highest BCUT2D eigenvalue weighted by Crippen LogP contribution is 2.17. The van der Waals surface area contributed by atoms with Crippen LogP contribution in [0.4, 0.5) is 0 Å². The minimum atomic E-state index is -0.956. The van der Waals surface area contributed by atoms with E-state index in [-0.39, 0.29) is 12.4 Å². The maximum absolute atomic E-state index is 12.3. The monoisotopic (exact) mass is 452 g/mol. The molecule has 0 saturated carbocycles. The zero-order chi connectivity index (χ0) is 23.7. The fourth-order valence-electron chi connectivity index (χ4n) is 4.13. The highest BCUT2D eigenvalue weighted by atomic mass is 16.4. The van der Waals surface area contributed by atoms with Gasteiger partial charge in [-0.1, -0.05) is 103 Å². The molecule has 0 aromatic rings. The Morgan fingerprint density at radius 3 is 1.66 bits per heavy atom. The van der Waals surface area contributed by atoms with Crippen LogP contribution in [-0.4, -0.2) is 28.6 Å². The second kappa shape index (κ2) is 24.5. The topological polar surface area (TPSA) is 74.6 Å². The number of hydrogen-bond donors (Lipinski definition) is 2. The first-order valence-electron chi connectivity index (χ1n) is 13.6. The van der Waals surface area contributed by atoms with E-state index >= 15 is 0 Å². The molecule has 0 aliphatic heterocycles. The lowest BCUT2D eigenvalue weighted by Crippen LogP contribution is -2.23. The van der Waals surface area contributed by atoms with Crippen molar-refractivity contribution >= 4 is 11.8 Å². The van der Waals surface area contributed by atoms with Crippen LogP contribution in [0.5, 0.6) is 0 Å². The Hall–Kier alpha value is -1.16. The minimum Gasteiger partial charge on any atom is -0.481 e. The summed E-state index contributed by atoms with van der Waals surface area (Å²) in [5.74, 6) is -1.86. The SMILES string of the molecule is CCCCCCCC/C=C\CCCCCCCC(=O)C(CCCCCCCCO)C(=O)O. The van der Waals surface area contributed by atoms with Crippen LogP contribution in [0.25, 0.3) is 0 Å². The van der Waals surface area contributed by atoms with Gasteiger partial charge in [0.15, 0.2) is 0 Å².